The lowest BCUT2D eigenvalue weighted by molar-refractivity contribution is 0.0934. The van der Waals surface area contributed by atoms with Crippen LogP contribution in [0, 0.1) is 0 Å². The molecule has 0 aromatic carbocycles. The molecule has 0 radical (unpaired) electrons. The Morgan fingerprint density at radius 1 is 1.42 bits per heavy atom. The first-order valence-corrected chi connectivity index (χ1v) is 6.68. The molecule has 5 nitrogen and oxygen atoms in total. The van der Waals surface area contributed by atoms with Crippen LogP contribution in [-0.2, 0) is 0 Å². The van der Waals surface area contributed by atoms with Crippen molar-refractivity contribution in [3.63, 3.8) is 0 Å². The van der Waals surface area contributed by atoms with Gasteiger partial charge in [0.25, 0.3) is 11.8 Å². The standard InChI is InChI=1S/C14H19N3O2/c1-3-9(2)16-14(19)12-8-10(6-7-15-12)13(18)17-11-4-5-11/h6-9,11H,3-5H2,1-2H3,(H,16,19)(H,17,18). The van der Waals surface area contributed by atoms with Crippen LogP contribution in [0.25, 0.3) is 0 Å². The molecule has 1 saturated carbocycles. The number of aromatic nitrogens is 1. The third kappa shape index (κ3) is 3.77. The number of pyridine rings is 1. The van der Waals surface area contributed by atoms with Crippen molar-refractivity contribution >= 4 is 11.8 Å². The zero-order chi connectivity index (χ0) is 13.8. The van der Waals surface area contributed by atoms with Crippen LogP contribution in [0.3, 0.4) is 0 Å². The maximum Gasteiger partial charge on any atom is 0.270 e. The molecular formula is C14H19N3O2. The van der Waals surface area contributed by atoms with Crippen LogP contribution in [0.5, 0.6) is 0 Å². The Balaban J connectivity index is 2.05. The van der Waals surface area contributed by atoms with Gasteiger partial charge in [-0.25, -0.2) is 0 Å². The van der Waals surface area contributed by atoms with Crippen molar-refractivity contribution in [3.8, 4) is 0 Å². The Kier molecular flexibility index (Phi) is 4.14. The van der Waals surface area contributed by atoms with E-state index in [1.165, 1.54) is 12.3 Å². The summed E-state index contributed by atoms with van der Waals surface area (Å²) in [7, 11) is 0. The largest absolute Gasteiger partial charge is 0.349 e. The van der Waals surface area contributed by atoms with Crippen molar-refractivity contribution < 1.29 is 9.59 Å². The molecule has 1 atom stereocenters. The van der Waals surface area contributed by atoms with E-state index in [0.717, 1.165) is 19.3 Å². The topological polar surface area (TPSA) is 71.1 Å². The van der Waals surface area contributed by atoms with Gasteiger partial charge in [0.2, 0.25) is 0 Å². The van der Waals surface area contributed by atoms with Gasteiger partial charge in [-0.1, -0.05) is 6.92 Å². The summed E-state index contributed by atoms with van der Waals surface area (Å²) in [5.74, 6) is -0.377. The van der Waals surface area contributed by atoms with E-state index in [1.54, 1.807) is 6.07 Å². The highest BCUT2D eigenvalue weighted by Gasteiger charge is 2.24. The van der Waals surface area contributed by atoms with Crippen LogP contribution < -0.4 is 10.6 Å². The lowest BCUT2D eigenvalue weighted by atomic mass is 10.2. The fourth-order valence-corrected chi connectivity index (χ4v) is 1.59. The highest BCUT2D eigenvalue weighted by atomic mass is 16.2. The molecule has 1 aliphatic rings. The fourth-order valence-electron chi connectivity index (χ4n) is 1.59. The summed E-state index contributed by atoms with van der Waals surface area (Å²) in [5, 5.41) is 5.72. The van der Waals surface area contributed by atoms with Crippen LogP contribution in [0.2, 0.25) is 0 Å². The number of hydrogen-bond acceptors (Lipinski definition) is 3. The van der Waals surface area contributed by atoms with E-state index in [2.05, 4.69) is 15.6 Å². The fraction of sp³-hybridized carbons (Fsp3) is 0.500. The van der Waals surface area contributed by atoms with E-state index in [1.807, 2.05) is 13.8 Å². The van der Waals surface area contributed by atoms with Gasteiger partial charge in [-0.3, -0.25) is 14.6 Å². The van der Waals surface area contributed by atoms with Crippen LogP contribution in [0.4, 0.5) is 0 Å². The Labute approximate surface area is 112 Å². The molecule has 2 amide bonds. The Hall–Kier alpha value is -1.91. The number of nitrogens with zero attached hydrogens (tertiary/aromatic N) is 1. The maximum atomic E-state index is 11.9. The smallest absolute Gasteiger partial charge is 0.270 e. The lowest BCUT2D eigenvalue weighted by Gasteiger charge is -2.11. The van der Waals surface area contributed by atoms with E-state index in [9.17, 15) is 9.59 Å². The average molecular weight is 261 g/mol. The average Bonchev–Trinajstić information content (AvgIpc) is 3.22. The van der Waals surface area contributed by atoms with Gasteiger partial charge in [-0.15, -0.1) is 0 Å². The summed E-state index contributed by atoms with van der Waals surface area (Å²) in [6, 6.07) is 3.56. The van der Waals surface area contributed by atoms with Gasteiger partial charge in [-0.2, -0.15) is 0 Å². The molecule has 0 spiro atoms. The molecule has 1 aliphatic carbocycles. The van der Waals surface area contributed by atoms with Crippen molar-refractivity contribution in [3.05, 3.63) is 29.6 Å². The van der Waals surface area contributed by atoms with E-state index in [-0.39, 0.29) is 23.6 Å². The van der Waals surface area contributed by atoms with Gasteiger partial charge in [0.05, 0.1) is 0 Å². The highest BCUT2D eigenvalue weighted by Crippen LogP contribution is 2.19. The molecular weight excluding hydrogens is 242 g/mol. The third-order valence-corrected chi connectivity index (χ3v) is 3.16. The summed E-state index contributed by atoms with van der Waals surface area (Å²) >= 11 is 0. The number of rotatable bonds is 5. The molecule has 0 bridgehead atoms. The van der Waals surface area contributed by atoms with Crippen LogP contribution in [-0.4, -0.2) is 28.9 Å². The minimum Gasteiger partial charge on any atom is -0.349 e. The Morgan fingerprint density at radius 3 is 2.79 bits per heavy atom. The summed E-state index contributed by atoms with van der Waals surface area (Å²) in [6.45, 7) is 3.93. The van der Waals surface area contributed by atoms with Crippen molar-refractivity contribution in [1.82, 2.24) is 15.6 Å². The van der Waals surface area contributed by atoms with Crippen molar-refractivity contribution in [2.24, 2.45) is 0 Å². The zero-order valence-corrected chi connectivity index (χ0v) is 11.3. The van der Waals surface area contributed by atoms with E-state index in [4.69, 9.17) is 0 Å². The lowest BCUT2D eigenvalue weighted by Crippen LogP contribution is -2.33. The van der Waals surface area contributed by atoms with Crippen molar-refractivity contribution in [2.75, 3.05) is 0 Å². The van der Waals surface area contributed by atoms with Gasteiger partial charge in [0.15, 0.2) is 0 Å². The minimum atomic E-state index is -0.240. The van der Waals surface area contributed by atoms with Gasteiger partial charge in [-0.05, 0) is 38.3 Å². The molecule has 19 heavy (non-hydrogen) atoms. The van der Waals surface area contributed by atoms with Crippen LogP contribution >= 0.6 is 0 Å². The second-order valence-electron chi connectivity index (χ2n) is 4.96. The predicted molar refractivity (Wildman–Crippen MR) is 71.9 cm³/mol. The number of carbonyl (C=O) groups is 2. The summed E-state index contributed by atoms with van der Waals surface area (Å²) in [4.78, 5) is 27.8. The predicted octanol–water partition coefficient (Wildman–Crippen LogP) is 1.50. The number of nitrogens with one attached hydrogen (secondary N) is 2. The molecule has 2 N–H and O–H groups in total. The van der Waals surface area contributed by atoms with Crippen molar-refractivity contribution in [1.29, 1.82) is 0 Å². The summed E-state index contributed by atoms with van der Waals surface area (Å²) in [5.41, 5.74) is 0.764. The number of amides is 2. The second kappa shape index (κ2) is 5.82. The molecule has 1 aromatic rings. The third-order valence-electron chi connectivity index (χ3n) is 3.16. The number of hydrogen-bond donors (Lipinski definition) is 2. The van der Waals surface area contributed by atoms with Crippen molar-refractivity contribution in [2.45, 2.75) is 45.2 Å². The molecule has 1 heterocycles. The molecule has 0 aliphatic heterocycles. The Bertz CT molecular complexity index is 483. The molecule has 1 unspecified atom stereocenters. The highest BCUT2D eigenvalue weighted by molar-refractivity contribution is 5.98. The molecule has 102 valence electrons. The van der Waals surface area contributed by atoms with E-state index in [0.29, 0.717) is 11.6 Å². The monoisotopic (exact) mass is 261 g/mol. The first-order chi connectivity index (χ1) is 9.10. The Morgan fingerprint density at radius 2 is 2.16 bits per heavy atom. The summed E-state index contributed by atoms with van der Waals surface area (Å²) < 4.78 is 0. The van der Waals surface area contributed by atoms with Gasteiger partial charge >= 0.3 is 0 Å². The first-order valence-electron chi connectivity index (χ1n) is 6.68. The normalized spacial score (nSPS) is 15.7. The molecule has 1 aromatic heterocycles. The second-order valence-corrected chi connectivity index (χ2v) is 4.96. The first kappa shape index (κ1) is 13.5. The number of carbonyl (C=O) groups excluding carboxylic acids is 2. The van der Waals surface area contributed by atoms with Crippen LogP contribution in [0.15, 0.2) is 18.3 Å². The van der Waals surface area contributed by atoms with E-state index < -0.39 is 0 Å². The molecule has 5 heteroatoms. The van der Waals surface area contributed by atoms with Gasteiger partial charge < -0.3 is 10.6 Å². The zero-order valence-electron chi connectivity index (χ0n) is 11.3. The minimum absolute atomic E-state index is 0.0956. The molecule has 0 saturated heterocycles. The quantitative estimate of drug-likeness (QED) is 0.843. The van der Waals surface area contributed by atoms with Crippen LogP contribution in [0.1, 0.15) is 54.0 Å². The van der Waals surface area contributed by atoms with Gasteiger partial charge in [0.1, 0.15) is 5.69 Å². The molecule has 1 fully saturated rings. The molecule has 2 rings (SSSR count). The van der Waals surface area contributed by atoms with E-state index >= 15 is 0 Å². The SMILES string of the molecule is CCC(C)NC(=O)c1cc(C(=O)NC2CC2)ccn1. The summed E-state index contributed by atoms with van der Waals surface area (Å²) in [6.07, 6.45) is 4.43. The maximum absolute atomic E-state index is 11.9. The van der Waals surface area contributed by atoms with Gasteiger partial charge in [0, 0.05) is 23.8 Å².